The van der Waals surface area contributed by atoms with E-state index >= 15 is 0 Å². The van der Waals surface area contributed by atoms with Crippen LogP contribution in [0.2, 0.25) is 0 Å². The summed E-state index contributed by atoms with van der Waals surface area (Å²) in [7, 11) is 0. The molecule has 0 atom stereocenters. The summed E-state index contributed by atoms with van der Waals surface area (Å²) in [6.07, 6.45) is 4.95. The highest BCUT2D eigenvalue weighted by Gasteiger charge is 2.20. The average Bonchev–Trinajstić information content (AvgIpc) is 3.04. The van der Waals surface area contributed by atoms with Crippen LogP contribution >= 0.6 is 15.9 Å². The van der Waals surface area contributed by atoms with E-state index in [2.05, 4.69) is 26.2 Å². The molecule has 0 bridgehead atoms. The van der Waals surface area contributed by atoms with Gasteiger partial charge in [0.25, 0.3) is 0 Å². The molecule has 0 unspecified atom stereocenters. The maximum atomic E-state index is 13.3. The van der Waals surface area contributed by atoms with Gasteiger partial charge < -0.3 is 9.73 Å². The fraction of sp³-hybridized carbons (Fsp3) is 0.357. The molecule has 1 aliphatic carbocycles. The van der Waals surface area contributed by atoms with Crippen molar-refractivity contribution < 1.29 is 8.81 Å². The minimum atomic E-state index is -0.294. The van der Waals surface area contributed by atoms with Crippen molar-refractivity contribution in [3.05, 3.63) is 40.6 Å². The number of rotatable bonds is 5. The zero-order valence-corrected chi connectivity index (χ0v) is 11.9. The van der Waals surface area contributed by atoms with E-state index in [9.17, 15) is 4.39 Å². The van der Waals surface area contributed by atoms with Crippen LogP contribution in [0.3, 0.4) is 0 Å². The van der Waals surface area contributed by atoms with Crippen molar-refractivity contribution in [2.75, 3.05) is 6.54 Å². The third-order valence-electron chi connectivity index (χ3n) is 3.05. The van der Waals surface area contributed by atoms with Crippen LogP contribution in [0.4, 0.5) is 4.39 Å². The Morgan fingerprint density at radius 1 is 1.37 bits per heavy atom. The van der Waals surface area contributed by atoms with E-state index in [0.29, 0.717) is 27.7 Å². The van der Waals surface area contributed by atoms with E-state index in [0.717, 1.165) is 13.0 Å². The van der Waals surface area contributed by atoms with Crippen LogP contribution in [0.1, 0.15) is 18.7 Å². The molecule has 0 amide bonds. The summed E-state index contributed by atoms with van der Waals surface area (Å²) in [5, 5.41) is 3.40. The van der Waals surface area contributed by atoms with Crippen molar-refractivity contribution in [2.24, 2.45) is 0 Å². The maximum absolute atomic E-state index is 13.3. The number of benzene rings is 1. The SMILES string of the molecule is Fc1cc(Br)cc(-c2cnc(CCNC3CC3)o2)c1. The molecule has 0 spiro atoms. The van der Waals surface area contributed by atoms with Crippen molar-refractivity contribution in [3.63, 3.8) is 0 Å². The van der Waals surface area contributed by atoms with Gasteiger partial charge in [-0.3, -0.25) is 0 Å². The topological polar surface area (TPSA) is 38.1 Å². The first-order valence-corrected chi connectivity index (χ1v) is 7.14. The lowest BCUT2D eigenvalue weighted by Crippen LogP contribution is -2.19. The van der Waals surface area contributed by atoms with Crippen LogP contribution in [-0.2, 0) is 6.42 Å². The molecular formula is C14H14BrFN2O. The molecule has 1 heterocycles. The number of hydrogen-bond donors (Lipinski definition) is 1. The van der Waals surface area contributed by atoms with Gasteiger partial charge in [0.15, 0.2) is 11.7 Å². The monoisotopic (exact) mass is 324 g/mol. The normalized spacial score (nSPS) is 14.8. The van der Waals surface area contributed by atoms with Crippen molar-refractivity contribution in [1.82, 2.24) is 10.3 Å². The van der Waals surface area contributed by atoms with E-state index < -0.39 is 0 Å². The Bertz CT molecular complexity index is 560. The highest BCUT2D eigenvalue weighted by molar-refractivity contribution is 9.10. The van der Waals surface area contributed by atoms with Crippen LogP contribution in [0.25, 0.3) is 11.3 Å². The second-order valence-electron chi connectivity index (χ2n) is 4.75. The molecule has 3 nitrogen and oxygen atoms in total. The quantitative estimate of drug-likeness (QED) is 0.914. The fourth-order valence-corrected chi connectivity index (χ4v) is 2.39. The Hall–Kier alpha value is -1.20. The van der Waals surface area contributed by atoms with Crippen LogP contribution in [0.5, 0.6) is 0 Å². The molecular weight excluding hydrogens is 311 g/mol. The molecule has 0 saturated heterocycles. The summed E-state index contributed by atoms with van der Waals surface area (Å²) in [5.74, 6) is 0.989. The van der Waals surface area contributed by atoms with Gasteiger partial charge in [0.05, 0.1) is 6.20 Å². The van der Waals surface area contributed by atoms with Crippen molar-refractivity contribution in [1.29, 1.82) is 0 Å². The first-order valence-electron chi connectivity index (χ1n) is 6.35. The summed E-state index contributed by atoms with van der Waals surface area (Å²) >= 11 is 3.27. The Morgan fingerprint density at radius 2 is 2.21 bits per heavy atom. The van der Waals surface area contributed by atoms with Crippen LogP contribution in [-0.4, -0.2) is 17.6 Å². The zero-order chi connectivity index (χ0) is 13.2. The number of halogens is 2. The molecule has 0 aliphatic heterocycles. The van der Waals surface area contributed by atoms with Gasteiger partial charge in [-0.2, -0.15) is 0 Å². The third kappa shape index (κ3) is 3.42. The second-order valence-corrected chi connectivity index (χ2v) is 5.67. The summed E-state index contributed by atoms with van der Waals surface area (Å²) in [5.41, 5.74) is 0.695. The van der Waals surface area contributed by atoms with Crippen LogP contribution in [0.15, 0.2) is 33.3 Å². The minimum Gasteiger partial charge on any atom is -0.441 e. The van der Waals surface area contributed by atoms with Gasteiger partial charge in [-0.1, -0.05) is 15.9 Å². The standard InChI is InChI=1S/C14H14BrFN2O/c15-10-5-9(6-11(16)7-10)13-8-18-14(19-13)3-4-17-12-1-2-12/h5-8,12,17H,1-4H2. The predicted molar refractivity (Wildman–Crippen MR) is 74.3 cm³/mol. The van der Waals surface area contributed by atoms with Gasteiger partial charge in [0.2, 0.25) is 0 Å². The van der Waals surface area contributed by atoms with E-state index in [1.165, 1.54) is 25.0 Å². The number of nitrogens with zero attached hydrogens (tertiary/aromatic N) is 1. The summed E-state index contributed by atoms with van der Waals surface area (Å²) in [4.78, 5) is 4.22. The number of oxazole rings is 1. The van der Waals surface area contributed by atoms with E-state index in [4.69, 9.17) is 4.42 Å². The lowest BCUT2D eigenvalue weighted by atomic mass is 10.2. The van der Waals surface area contributed by atoms with E-state index in [-0.39, 0.29) is 5.82 Å². The van der Waals surface area contributed by atoms with E-state index in [1.807, 2.05) is 6.07 Å². The maximum Gasteiger partial charge on any atom is 0.196 e. The molecule has 1 aliphatic rings. The number of aromatic nitrogens is 1. The summed E-state index contributed by atoms with van der Waals surface area (Å²) in [6, 6.07) is 5.36. The summed E-state index contributed by atoms with van der Waals surface area (Å²) < 4.78 is 19.7. The van der Waals surface area contributed by atoms with E-state index in [1.54, 1.807) is 6.20 Å². The minimum absolute atomic E-state index is 0.294. The predicted octanol–water partition coefficient (Wildman–Crippen LogP) is 3.54. The largest absolute Gasteiger partial charge is 0.441 e. The van der Waals surface area contributed by atoms with Gasteiger partial charge in [-0.05, 0) is 31.0 Å². The number of nitrogens with one attached hydrogen (secondary N) is 1. The fourth-order valence-electron chi connectivity index (χ4n) is 1.93. The highest BCUT2D eigenvalue weighted by Crippen LogP contribution is 2.25. The highest BCUT2D eigenvalue weighted by atomic mass is 79.9. The van der Waals surface area contributed by atoms with Gasteiger partial charge in [-0.25, -0.2) is 9.37 Å². The van der Waals surface area contributed by atoms with Gasteiger partial charge in [0.1, 0.15) is 5.82 Å². The molecule has 0 radical (unpaired) electrons. The van der Waals surface area contributed by atoms with Crippen molar-refractivity contribution in [2.45, 2.75) is 25.3 Å². The molecule has 1 aromatic carbocycles. The molecule has 5 heteroatoms. The van der Waals surface area contributed by atoms with Crippen LogP contribution < -0.4 is 5.32 Å². The van der Waals surface area contributed by atoms with Gasteiger partial charge >= 0.3 is 0 Å². The molecule has 100 valence electrons. The van der Waals surface area contributed by atoms with Gasteiger partial charge in [0, 0.05) is 29.0 Å². The van der Waals surface area contributed by atoms with Crippen LogP contribution in [0, 0.1) is 5.82 Å². The van der Waals surface area contributed by atoms with Crippen molar-refractivity contribution >= 4 is 15.9 Å². The Labute approximate surface area is 119 Å². The Kier molecular flexibility index (Phi) is 3.66. The first kappa shape index (κ1) is 12.8. The van der Waals surface area contributed by atoms with Gasteiger partial charge in [-0.15, -0.1) is 0 Å². The average molecular weight is 325 g/mol. The first-order chi connectivity index (χ1) is 9.20. The molecule has 1 fully saturated rings. The third-order valence-corrected chi connectivity index (χ3v) is 3.51. The lowest BCUT2D eigenvalue weighted by Gasteiger charge is -2.00. The van der Waals surface area contributed by atoms with Crippen molar-refractivity contribution in [3.8, 4) is 11.3 Å². The number of hydrogen-bond acceptors (Lipinski definition) is 3. The Morgan fingerprint density at radius 3 is 2.95 bits per heavy atom. The molecule has 1 saturated carbocycles. The summed E-state index contributed by atoms with van der Waals surface area (Å²) in [6.45, 7) is 0.872. The molecule has 3 rings (SSSR count). The molecule has 1 aromatic heterocycles. The Balaban J connectivity index is 1.68. The molecule has 19 heavy (non-hydrogen) atoms. The lowest BCUT2D eigenvalue weighted by molar-refractivity contribution is 0.494. The molecule has 1 N–H and O–H groups in total. The zero-order valence-electron chi connectivity index (χ0n) is 10.3. The second kappa shape index (κ2) is 5.43. The molecule has 2 aromatic rings. The smallest absolute Gasteiger partial charge is 0.196 e.